The Hall–Kier alpha value is -2.15. The second kappa shape index (κ2) is 6.09. The molecule has 6 nitrogen and oxygen atoms in total. The number of amides is 2. The van der Waals surface area contributed by atoms with Crippen LogP contribution in [0.1, 0.15) is 16.8 Å². The van der Waals surface area contributed by atoms with E-state index in [4.69, 9.17) is 5.11 Å². The number of likely N-dealkylation sites (N-methyl/N-ethyl adjacent to an activating group) is 1. The van der Waals surface area contributed by atoms with Crippen LogP contribution in [0.5, 0.6) is 0 Å². The summed E-state index contributed by atoms with van der Waals surface area (Å²) in [6.07, 6.45) is 0.893. The molecule has 0 radical (unpaired) electrons. The van der Waals surface area contributed by atoms with Crippen molar-refractivity contribution in [1.29, 1.82) is 0 Å². The average molecular weight is 295 g/mol. The highest BCUT2D eigenvalue weighted by atomic mass is 19.1. The Bertz CT molecular complexity index is 562. The van der Waals surface area contributed by atoms with E-state index in [1.807, 2.05) is 14.1 Å². The van der Waals surface area contributed by atoms with Crippen LogP contribution in [-0.2, 0) is 0 Å². The van der Waals surface area contributed by atoms with Gasteiger partial charge in [0, 0.05) is 24.8 Å². The molecule has 2 rings (SSSR count). The number of hydrogen-bond donors (Lipinski definition) is 2. The summed E-state index contributed by atoms with van der Waals surface area (Å²) >= 11 is 0. The molecule has 1 aromatic rings. The molecule has 21 heavy (non-hydrogen) atoms. The van der Waals surface area contributed by atoms with E-state index in [1.165, 1.54) is 6.07 Å². The van der Waals surface area contributed by atoms with Crippen LogP contribution < -0.4 is 5.32 Å². The van der Waals surface area contributed by atoms with Crippen LogP contribution >= 0.6 is 0 Å². The predicted octanol–water partition coefficient (Wildman–Crippen LogP) is 1.69. The van der Waals surface area contributed by atoms with Gasteiger partial charge in [0.15, 0.2) is 0 Å². The lowest BCUT2D eigenvalue weighted by molar-refractivity contribution is 0.0692. The Balaban J connectivity index is 2.04. The molecule has 1 heterocycles. The second-order valence-corrected chi connectivity index (χ2v) is 5.28. The van der Waals surface area contributed by atoms with E-state index in [2.05, 4.69) is 10.2 Å². The number of rotatable bonds is 3. The van der Waals surface area contributed by atoms with Crippen molar-refractivity contribution in [1.82, 2.24) is 9.80 Å². The third-order valence-corrected chi connectivity index (χ3v) is 3.63. The molecular weight excluding hydrogens is 277 g/mol. The normalized spacial score (nSPS) is 18.1. The number of benzene rings is 1. The maximum absolute atomic E-state index is 13.3. The molecule has 0 aromatic heterocycles. The summed E-state index contributed by atoms with van der Waals surface area (Å²) in [4.78, 5) is 26.7. The van der Waals surface area contributed by atoms with Gasteiger partial charge in [-0.1, -0.05) is 0 Å². The zero-order valence-electron chi connectivity index (χ0n) is 12.0. The minimum Gasteiger partial charge on any atom is -0.478 e. The molecule has 2 amide bonds. The first-order valence-electron chi connectivity index (χ1n) is 6.63. The molecule has 2 N–H and O–H groups in total. The average Bonchev–Trinajstić information content (AvgIpc) is 2.90. The maximum Gasteiger partial charge on any atom is 0.338 e. The van der Waals surface area contributed by atoms with E-state index in [1.54, 1.807) is 4.90 Å². The Morgan fingerprint density at radius 1 is 1.43 bits per heavy atom. The monoisotopic (exact) mass is 295 g/mol. The van der Waals surface area contributed by atoms with Crippen LogP contribution in [0.15, 0.2) is 18.2 Å². The van der Waals surface area contributed by atoms with Gasteiger partial charge in [-0.3, -0.25) is 0 Å². The summed E-state index contributed by atoms with van der Waals surface area (Å²) in [5, 5.41) is 11.5. The van der Waals surface area contributed by atoms with Crippen LogP contribution in [-0.4, -0.2) is 60.1 Å². The Kier molecular flexibility index (Phi) is 4.42. The number of carbonyl (C=O) groups is 2. The van der Waals surface area contributed by atoms with Gasteiger partial charge in [-0.2, -0.15) is 0 Å². The molecule has 1 atom stereocenters. The van der Waals surface area contributed by atoms with E-state index in [0.29, 0.717) is 19.1 Å². The van der Waals surface area contributed by atoms with Crippen molar-refractivity contribution < 1.29 is 19.1 Å². The van der Waals surface area contributed by atoms with E-state index < -0.39 is 17.3 Å². The van der Waals surface area contributed by atoms with Crippen molar-refractivity contribution in [3.63, 3.8) is 0 Å². The number of anilines is 1. The number of hydrogen-bond acceptors (Lipinski definition) is 3. The highest BCUT2D eigenvalue weighted by Gasteiger charge is 2.27. The van der Waals surface area contributed by atoms with Crippen LogP contribution in [0.4, 0.5) is 14.9 Å². The number of carboxylic acid groups (broad SMARTS) is 1. The molecule has 0 bridgehead atoms. The van der Waals surface area contributed by atoms with E-state index in [0.717, 1.165) is 18.6 Å². The number of halogens is 1. The molecule has 1 aliphatic rings. The second-order valence-electron chi connectivity index (χ2n) is 5.28. The third kappa shape index (κ3) is 3.49. The number of nitrogens with zero attached hydrogens (tertiary/aromatic N) is 2. The van der Waals surface area contributed by atoms with Gasteiger partial charge in [-0.25, -0.2) is 14.0 Å². The highest BCUT2D eigenvalue weighted by molar-refractivity contribution is 5.93. The van der Waals surface area contributed by atoms with Crippen LogP contribution in [0.2, 0.25) is 0 Å². The molecule has 0 saturated carbocycles. The predicted molar refractivity (Wildman–Crippen MR) is 76.0 cm³/mol. The number of aromatic carboxylic acids is 1. The summed E-state index contributed by atoms with van der Waals surface area (Å²) in [6, 6.07) is 3.51. The van der Waals surface area contributed by atoms with Gasteiger partial charge in [0.2, 0.25) is 0 Å². The molecule has 114 valence electrons. The topological polar surface area (TPSA) is 72.9 Å². The summed E-state index contributed by atoms with van der Waals surface area (Å²) in [5.74, 6) is -2.19. The van der Waals surface area contributed by atoms with Crippen LogP contribution in [0.25, 0.3) is 0 Å². The zero-order valence-corrected chi connectivity index (χ0v) is 12.0. The lowest BCUT2D eigenvalue weighted by Crippen LogP contribution is -2.36. The number of carboxylic acids is 1. The SMILES string of the molecule is CN(C)C1CCN(C(=O)Nc2ccc(F)c(C(=O)O)c2)C1. The van der Waals surface area contributed by atoms with Crippen molar-refractivity contribution >= 4 is 17.7 Å². The van der Waals surface area contributed by atoms with Crippen molar-refractivity contribution in [2.45, 2.75) is 12.5 Å². The first-order valence-corrected chi connectivity index (χ1v) is 6.63. The van der Waals surface area contributed by atoms with Gasteiger partial charge >= 0.3 is 12.0 Å². The summed E-state index contributed by atoms with van der Waals surface area (Å²) in [7, 11) is 3.93. The first-order chi connectivity index (χ1) is 9.88. The fourth-order valence-corrected chi connectivity index (χ4v) is 2.32. The Morgan fingerprint density at radius 3 is 2.71 bits per heavy atom. The molecule has 1 aliphatic heterocycles. The van der Waals surface area contributed by atoms with Gasteiger partial charge in [-0.05, 0) is 38.7 Å². The van der Waals surface area contributed by atoms with Crippen molar-refractivity contribution in [3.8, 4) is 0 Å². The summed E-state index contributed by atoms with van der Waals surface area (Å²) in [6.45, 7) is 1.26. The Labute approximate surface area is 122 Å². The van der Waals surface area contributed by atoms with Gasteiger partial charge < -0.3 is 20.2 Å². The summed E-state index contributed by atoms with van der Waals surface area (Å²) < 4.78 is 13.3. The van der Waals surface area contributed by atoms with Crippen LogP contribution in [0.3, 0.4) is 0 Å². The van der Waals surface area contributed by atoms with Crippen molar-refractivity contribution in [2.24, 2.45) is 0 Å². The van der Waals surface area contributed by atoms with Gasteiger partial charge in [-0.15, -0.1) is 0 Å². The van der Waals surface area contributed by atoms with E-state index >= 15 is 0 Å². The first kappa shape index (κ1) is 15.2. The standard InChI is InChI=1S/C14H18FN3O3/c1-17(2)10-5-6-18(8-10)14(21)16-9-3-4-12(15)11(7-9)13(19)20/h3-4,7,10H,5-6,8H2,1-2H3,(H,16,21)(H,19,20). The van der Waals surface area contributed by atoms with E-state index in [9.17, 15) is 14.0 Å². The number of likely N-dealkylation sites (tertiary alicyclic amines) is 1. The molecule has 7 heteroatoms. The lowest BCUT2D eigenvalue weighted by atomic mass is 10.2. The molecular formula is C14H18FN3O3. The number of nitrogens with one attached hydrogen (secondary N) is 1. The summed E-state index contributed by atoms with van der Waals surface area (Å²) in [5.41, 5.74) is -0.188. The minimum absolute atomic E-state index is 0.270. The van der Waals surface area contributed by atoms with Crippen LogP contribution in [0, 0.1) is 5.82 Å². The molecule has 0 spiro atoms. The molecule has 0 aliphatic carbocycles. The maximum atomic E-state index is 13.3. The fourth-order valence-electron chi connectivity index (χ4n) is 2.32. The minimum atomic E-state index is -1.36. The third-order valence-electron chi connectivity index (χ3n) is 3.63. The van der Waals surface area contributed by atoms with Crippen molar-refractivity contribution in [3.05, 3.63) is 29.6 Å². The molecule has 1 unspecified atom stereocenters. The largest absolute Gasteiger partial charge is 0.478 e. The molecule has 1 aromatic carbocycles. The Morgan fingerprint density at radius 2 is 2.14 bits per heavy atom. The highest BCUT2D eigenvalue weighted by Crippen LogP contribution is 2.18. The lowest BCUT2D eigenvalue weighted by Gasteiger charge is -2.20. The van der Waals surface area contributed by atoms with Gasteiger partial charge in [0.05, 0.1) is 5.56 Å². The quantitative estimate of drug-likeness (QED) is 0.890. The number of urea groups is 1. The fraction of sp³-hybridized carbons (Fsp3) is 0.429. The molecule has 1 fully saturated rings. The van der Waals surface area contributed by atoms with E-state index in [-0.39, 0.29) is 11.7 Å². The van der Waals surface area contributed by atoms with Gasteiger partial charge in [0.25, 0.3) is 0 Å². The smallest absolute Gasteiger partial charge is 0.338 e. The molecule has 1 saturated heterocycles. The van der Waals surface area contributed by atoms with Crippen molar-refractivity contribution in [2.75, 3.05) is 32.5 Å². The van der Waals surface area contributed by atoms with Gasteiger partial charge in [0.1, 0.15) is 5.82 Å². The number of carbonyl (C=O) groups excluding carboxylic acids is 1. The zero-order chi connectivity index (χ0) is 15.6.